The molecule has 17 heavy (non-hydrogen) atoms. The SMILES string of the molecule is C=C[C@H]1[C@@H]2CCCC[C@H]2C[C@H]2C(=O)O[C@H](C)[C@@H]12. The van der Waals surface area contributed by atoms with Gasteiger partial charge in [-0.2, -0.15) is 0 Å². The molecule has 0 unspecified atom stereocenters. The summed E-state index contributed by atoms with van der Waals surface area (Å²) in [6.45, 7) is 6.09. The Kier molecular flexibility index (Phi) is 2.76. The van der Waals surface area contributed by atoms with Gasteiger partial charge in [0.25, 0.3) is 0 Å². The second-order valence-electron chi connectivity index (χ2n) is 6.08. The molecule has 1 aliphatic heterocycles. The zero-order valence-corrected chi connectivity index (χ0v) is 10.6. The van der Waals surface area contributed by atoms with Gasteiger partial charge in [0.05, 0.1) is 5.92 Å². The summed E-state index contributed by atoms with van der Waals surface area (Å²) in [4.78, 5) is 11.9. The summed E-state index contributed by atoms with van der Waals surface area (Å²) in [5.41, 5.74) is 0. The van der Waals surface area contributed by atoms with Gasteiger partial charge in [0, 0.05) is 5.92 Å². The molecule has 94 valence electrons. The number of cyclic esters (lactones) is 1. The van der Waals surface area contributed by atoms with Gasteiger partial charge in [0.1, 0.15) is 6.10 Å². The van der Waals surface area contributed by atoms with Crippen LogP contribution in [0.3, 0.4) is 0 Å². The predicted molar refractivity (Wildman–Crippen MR) is 66.3 cm³/mol. The summed E-state index contributed by atoms with van der Waals surface area (Å²) >= 11 is 0. The molecule has 0 spiro atoms. The quantitative estimate of drug-likeness (QED) is 0.514. The van der Waals surface area contributed by atoms with Crippen LogP contribution < -0.4 is 0 Å². The van der Waals surface area contributed by atoms with Crippen molar-refractivity contribution < 1.29 is 9.53 Å². The van der Waals surface area contributed by atoms with E-state index in [0.29, 0.717) is 11.8 Å². The molecule has 2 nitrogen and oxygen atoms in total. The minimum Gasteiger partial charge on any atom is -0.462 e. The van der Waals surface area contributed by atoms with Crippen molar-refractivity contribution in [1.29, 1.82) is 0 Å². The molecule has 3 aliphatic rings. The van der Waals surface area contributed by atoms with Gasteiger partial charge >= 0.3 is 5.97 Å². The number of esters is 1. The molecule has 1 heterocycles. The minimum absolute atomic E-state index is 0.0540. The maximum absolute atomic E-state index is 11.9. The number of ether oxygens (including phenoxy) is 1. The van der Waals surface area contributed by atoms with Crippen LogP contribution in [0.1, 0.15) is 39.0 Å². The highest BCUT2D eigenvalue weighted by Gasteiger charge is 2.53. The first-order chi connectivity index (χ1) is 8.22. The van der Waals surface area contributed by atoms with Crippen LogP contribution in [-0.4, -0.2) is 12.1 Å². The van der Waals surface area contributed by atoms with Crippen LogP contribution >= 0.6 is 0 Å². The van der Waals surface area contributed by atoms with Crippen LogP contribution in [0.2, 0.25) is 0 Å². The lowest BCUT2D eigenvalue weighted by atomic mass is 9.57. The van der Waals surface area contributed by atoms with Crippen molar-refractivity contribution in [2.24, 2.45) is 29.6 Å². The fourth-order valence-corrected chi connectivity index (χ4v) is 4.65. The zero-order chi connectivity index (χ0) is 12.0. The van der Waals surface area contributed by atoms with E-state index in [0.717, 1.165) is 18.3 Å². The summed E-state index contributed by atoms with van der Waals surface area (Å²) in [6.07, 6.45) is 8.60. The number of hydrogen-bond donors (Lipinski definition) is 0. The number of rotatable bonds is 1. The van der Waals surface area contributed by atoms with E-state index in [1.165, 1.54) is 25.7 Å². The first kappa shape index (κ1) is 11.3. The maximum Gasteiger partial charge on any atom is 0.309 e. The minimum atomic E-state index is 0.0540. The van der Waals surface area contributed by atoms with Crippen molar-refractivity contribution in [3.8, 4) is 0 Å². The van der Waals surface area contributed by atoms with Crippen molar-refractivity contribution in [3.63, 3.8) is 0 Å². The Morgan fingerprint density at radius 3 is 2.88 bits per heavy atom. The van der Waals surface area contributed by atoms with E-state index < -0.39 is 0 Å². The maximum atomic E-state index is 11.9. The van der Waals surface area contributed by atoms with E-state index in [4.69, 9.17) is 4.74 Å². The number of carbonyl (C=O) groups excluding carboxylic acids is 1. The van der Waals surface area contributed by atoms with Gasteiger partial charge in [-0.25, -0.2) is 0 Å². The molecular formula is C15H22O2. The molecule has 3 fully saturated rings. The average Bonchev–Trinajstić information content (AvgIpc) is 2.62. The molecule has 2 saturated carbocycles. The molecular weight excluding hydrogens is 212 g/mol. The molecule has 0 N–H and O–H groups in total. The van der Waals surface area contributed by atoms with Crippen LogP contribution in [0.5, 0.6) is 0 Å². The normalized spacial score (nSPS) is 49.1. The molecule has 2 heteroatoms. The van der Waals surface area contributed by atoms with Crippen molar-refractivity contribution >= 4 is 5.97 Å². The molecule has 0 aromatic heterocycles. The molecule has 6 atom stereocenters. The number of fused-ring (bicyclic) bond motifs is 2. The Balaban J connectivity index is 1.90. The van der Waals surface area contributed by atoms with Crippen molar-refractivity contribution in [3.05, 3.63) is 12.7 Å². The van der Waals surface area contributed by atoms with Gasteiger partial charge in [-0.3, -0.25) is 4.79 Å². The van der Waals surface area contributed by atoms with E-state index in [1.807, 2.05) is 0 Å². The van der Waals surface area contributed by atoms with Crippen molar-refractivity contribution in [2.75, 3.05) is 0 Å². The van der Waals surface area contributed by atoms with Gasteiger partial charge in [0.2, 0.25) is 0 Å². The summed E-state index contributed by atoms with van der Waals surface area (Å²) < 4.78 is 5.46. The second-order valence-corrected chi connectivity index (χ2v) is 6.08. The first-order valence-electron chi connectivity index (χ1n) is 7.05. The van der Waals surface area contributed by atoms with Crippen molar-refractivity contribution in [1.82, 2.24) is 0 Å². The van der Waals surface area contributed by atoms with E-state index in [2.05, 4.69) is 19.6 Å². The molecule has 3 rings (SSSR count). The molecule has 0 bridgehead atoms. The summed E-state index contributed by atoms with van der Waals surface area (Å²) in [5, 5.41) is 0. The summed E-state index contributed by atoms with van der Waals surface area (Å²) in [6, 6.07) is 0. The van der Waals surface area contributed by atoms with Crippen molar-refractivity contribution in [2.45, 2.75) is 45.1 Å². The second kappa shape index (κ2) is 4.15. The fraction of sp³-hybridized carbons (Fsp3) is 0.800. The zero-order valence-electron chi connectivity index (χ0n) is 10.6. The molecule has 2 aliphatic carbocycles. The van der Waals surface area contributed by atoms with Crippen LogP contribution in [0.4, 0.5) is 0 Å². The number of hydrogen-bond acceptors (Lipinski definition) is 2. The Morgan fingerprint density at radius 1 is 1.35 bits per heavy atom. The number of carbonyl (C=O) groups is 1. The molecule has 0 amide bonds. The largest absolute Gasteiger partial charge is 0.462 e. The Morgan fingerprint density at radius 2 is 2.12 bits per heavy atom. The van der Waals surface area contributed by atoms with Gasteiger partial charge in [0.15, 0.2) is 0 Å². The molecule has 0 aromatic carbocycles. The van der Waals surface area contributed by atoms with E-state index in [-0.39, 0.29) is 18.0 Å². The third-order valence-electron chi connectivity index (χ3n) is 5.35. The van der Waals surface area contributed by atoms with Gasteiger partial charge in [-0.1, -0.05) is 25.3 Å². The molecule has 0 radical (unpaired) electrons. The Bertz CT molecular complexity index is 336. The van der Waals surface area contributed by atoms with Crippen LogP contribution in [-0.2, 0) is 9.53 Å². The van der Waals surface area contributed by atoms with Crippen LogP contribution in [0.25, 0.3) is 0 Å². The fourth-order valence-electron chi connectivity index (χ4n) is 4.65. The monoisotopic (exact) mass is 234 g/mol. The summed E-state index contributed by atoms with van der Waals surface area (Å²) in [7, 11) is 0. The standard InChI is InChI=1S/C15H22O2/c1-3-11-12-7-5-4-6-10(12)8-13-14(11)9(2)17-15(13)16/h3,9-14H,1,4-8H2,2H3/t9-,10+,11+,12-,13-,14+/m1/s1. The Hall–Kier alpha value is -0.790. The molecule has 0 aromatic rings. The third kappa shape index (κ3) is 1.64. The molecule has 1 saturated heterocycles. The first-order valence-corrected chi connectivity index (χ1v) is 7.05. The highest BCUT2D eigenvalue weighted by molar-refractivity contribution is 5.75. The topological polar surface area (TPSA) is 26.3 Å². The Labute approximate surface area is 103 Å². The van der Waals surface area contributed by atoms with Gasteiger partial charge < -0.3 is 4.74 Å². The van der Waals surface area contributed by atoms with E-state index >= 15 is 0 Å². The lowest BCUT2D eigenvalue weighted by Crippen LogP contribution is -2.42. The van der Waals surface area contributed by atoms with Crippen LogP contribution in [0.15, 0.2) is 12.7 Å². The highest BCUT2D eigenvalue weighted by atomic mass is 16.6. The third-order valence-corrected chi connectivity index (χ3v) is 5.35. The predicted octanol–water partition coefficient (Wildman–Crippen LogP) is 3.18. The average molecular weight is 234 g/mol. The van der Waals surface area contributed by atoms with Gasteiger partial charge in [-0.15, -0.1) is 6.58 Å². The van der Waals surface area contributed by atoms with E-state index in [1.54, 1.807) is 0 Å². The lowest BCUT2D eigenvalue weighted by Gasteiger charge is -2.45. The smallest absolute Gasteiger partial charge is 0.309 e. The summed E-state index contributed by atoms with van der Waals surface area (Å²) in [5.74, 6) is 2.62. The van der Waals surface area contributed by atoms with Gasteiger partial charge in [-0.05, 0) is 37.5 Å². The number of allylic oxidation sites excluding steroid dienone is 1. The van der Waals surface area contributed by atoms with E-state index in [9.17, 15) is 4.79 Å². The lowest BCUT2D eigenvalue weighted by molar-refractivity contribution is -0.144. The highest BCUT2D eigenvalue weighted by Crippen LogP contribution is 2.53. The van der Waals surface area contributed by atoms with Crippen LogP contribution in [0, 0.1) is 29.6 Å².